The summed E-state index contributed by atoms with van der Waals surface area (Å²) in [6, 6.07) is 11.3. The summed E-state index contributed by atoms with van der Waals surface area (Å²) in [5.74, 6) is -0.315. The molecule has 31 heavy (non-hydrogen) atoms. The number of amides is 2. The average molecular weight is 439 g/mol. The molecular formula is C23H23ClN4O3. The quantitative estimate of drug-likeness (QED) is 0.682. The number of fused-ring (bicyclic) bond motifs is 1. The number of imidazole rings is 1. The van der Waals surface area contributed by atoms with Crippen molar-refractivity contribution in [1.82, 2.24) is 19.4 Å². The molecule has 1 aliphatic heterocycles. The van der Waals surface area contributed by atoms with Crippen LogP contribution in [0.15, 0.2) is 42.7 Å². The number of aryl methyl sites for hydroxylation is 1. The minimum atomic E-state index is -1.16. The van der Waals surface area contributed by atoms with Crippen LogP contribution < -0.4 is 0 Å². The first-order valence-corrected chi connectivity index (χ1v) is 10.8. The molecule has 0 unspecified atom stereocenters. The number of aromatic nitrogens is 2. The molecular weight excluding hydrogens is 416 g/mol. The zero-order valence-corrected chi connectivity index (χ0v) is 18.0. The van der Waals surface area contributed by atoms with Crippen molar-refractivity contribution in [1.29, 1.82) is 0 Å². The van der Waals surface area contributed by atoms with E-state index < -0.39 is 5.60 Å². The van der Waals surface area contributed by atoms with Gasteiger partial charge in [-0.05, 0) is 42.7 Å². The fraction of sp³-hybridized carbons (Fsp3) is 0.348. The van der Waals surface area contributed by atoms with Crippen molar-refractivity contribution < 1.29 is 14.7 Å². The number of rotatable bonds is 3. The highest BCUT2D eigenvalue weighted by molar-refractivity contribution is 6.33. The van der Waals surface area contributed by atoms with E-state index in [-0.39, 0.29) is 11.8 Å². The molecule has 2 aliphatic rings. The van der Waals surface area contributed by atoms with Gasteiger partial charge in [-0.25, -0.2) is 4.98 Å². The molecule has 2 amide bonds. The van der Waals surface area contributed by atoms with E-state index in [4.69, 9.17) is 11.6 Å². The molecule has 5 rings (SSSR count). The minimum absolute atomic E-state index is 0.104. The summed E-state index contributed by atoms with van der Waals surface area (Å²) in [6.45, 7) is 1.75. The van der Waals surface area contributed by atoms with E-state index in [2.05, 4.69) is 4.98 Å². The SMILES string of the molecule is Cn1cnc2ccc(-c3ccc(C(=O)N4CCN(C(=O)C5(O)CC5)CC4)cc3Cl)cc21. The molecule has 7 nitrogen and oxygen atoms in total. The Hall–Kier alpha value is -2.90. The van der Waals surface area contributed by atoms with Gasteiger partial charge < -0.3 is 19.5 Å². The summed E-state index contributed by atoms with van der Waals surface area (Å²) >= 11 is 6.56. The van der Waals surface area contributed by atoms with E-state index in [9.17, 15) is 14.7 Å². The topological polar surface area (TPSA) is 78.7 Å². The van der Waals surface area contributed by atoms with Gasteiger partial charge in [-0.3, -0.25) is 9.59 Å². The van der Waals surface area contributed by atoms with Gasteiger partial charge in [0.05, 0.1) is 17.4 Å². The Balaban J connectivity index is 1.31. The molecule has 2 heterocycles. The van der Waals surface area contributed by atoms with Crippen molar-refractivity contribution in [3.05, 3.63) is 53.3 Å². The van der Waals surface area contributed by atoms with E-state index in [0.29, 0.717) is 49.6 Å². The van der Waals surface area contributed by atoms with Crippen LogP contribution in [0.5, 0.6) is 0 Å². The second-order valence-electron chi connectivity index (χ2n) is 8.37. The Labute approximate surface area is 184 Å². The Morgan fingerprint density at radius 1 is 1.03 bits per heavy atom. The number of piperazine rings is 1. The fourth-order valence-corrected chi connectivity index (χ4v) is 4.39. The number of aliphatic hydroxyl groups is 1. The van der Waals surface area contributed by atoms with Crippen LogP contribution >= 0.6 is 11.6 Å². The van der Waals surface area contributed by atoms with Crippen molar-refractivity contribution >= 4 is 34.4 Å². The number of carbonyl (C=O) groups is 2. The first-order valence-electron chi connectivity index (χ1n) is 10.4. The number of halogens is 1. The molecule has 0 spiro atoms. The van der Waals surface area contributed by atoms with Gasteiger partial charge in [0.1, 0.15) is 5.60 Å². The summed E-state index contributed by atoms with van der Waals surface area (Å²) in [7, 11) is 1.95. The highest BCUT2D eigenvalue weighted by Gasteiger charge is 2.50. The normalized spacial score (nSPS) is 17.8. The highest BCUT2D eigenvalue weighted by atomic mass is 35.5. The van der Waals surface area contributed by atoms with E-state index in [1.54, 1.807) is 28.3 Å². The Kier molecular flexibility index (Phi) is 4.75. The summed E-state index contributed by atoms with van der Waals surface area (Å²) < 4.78 is 1.96. The number of carbonyl (C=O) groups excluding carboxylic acids is 2. The predicted molar refractivity (Wildman–Crippen MR) is 118 cm³/mol. The lowest BCUT2D eigenvalue weighted by Crippen LogP contribution is -2.53. The molecule has 1 aliphatic carbocycles. The summed E-state index contributed by atoms with van der Waals surface area (Å²) in [5, 5.41) is 10.5. The maximum absolute atomic E-state index is 13.0. The summed E-state index contributed by atoms with van der Waals surface area (Å²) in [6.07, 6.45) is 2.84. The molecule has 1 saturated heterocycles. The van der Waals surface area contributed by atoms with Crippen LogP contribution in [0.3, 0.4) is 0 Å². The third-order valence-electron chi connectivity index (χ3n) is 6.23. The van der Waals surface area contributed by atoms with E-state index >= 15 is 0 Å². The molecule has 2 aromatic carbocycles. The van der Waals surface area contributed by atoms with Crippen molar-refractivity contribution in [2.24, 2.45) is 7.05 Å². The van der Waals surface area contributed by atoms with E-state index in [0.717, 1.165) is 22.2 Å². The molecule has 160 valence electrons. The van der Waals surface area contributed by atoms with Crippen molar-refractivity contribution in [3.63, 3.8) is 0 Å². The average Bonchev–Trinajstić information content (AvgIpc) is 3.44. The molecule has 1 saturated carbocycles. The lowest BCUT2D eigenvalue weighted by molar-refractivity contribution is -0.143. The van der Waals surface area contributed by atoms with Crippen molar-refractivity contribution in [2.75, 3.05) is 26.2 Å². The van der Waals surface area contributed by atoms with E-state index in [1.807, 2.05) is 35.9 Å². The summed E-state index contributed by atoms with van der Waals surface area (Å²) in [5.41, 5.74) is 3.11. The fourth-order valence-electron chi connectivity index (χ4n) is 4.10. The van der Waals surface area contributed by atoms with Crippen LogP contribution in [0, 0.1) is 0 Å². The second-order valence-corrected chi connectivity index (χ2v) is 8.78. The molecule has 2 fully saturated rings. The Morgan fingerprint density at radius 3 is 2.42 bits per heavy atom. The molecule has 0 radical (unpaired) electrons. The molecule has 8 heteroatoms. The van der Waals surface area contributed by atoms with Gasteiger partial charge in [-0.15, -0.1) is 0 Å². The molecule has 1 N–H and O–H groups in total. The first-order chi connectivity index (χ1) is 14.9. The van der Waals surface area contributed by atoms with Crippen LogP contribution in [0.2, 0.25) is 5.02 Å². The van der Waals surface area contributed by atoms with Crippen LogP contribution in [0.4, 0.5) is 0 Å². The van der Waals surface area contributed by atoms with Gasteiger partial charge in [0, 0.05) is 49.4 Å². The lowest BCUT2D eigenvalue weighted by Gasteiger charge is -2.35. The maximum atomic E-state index is 13.0. The molecule has 0 atom stereocenters. The van der Waals surface area contributed by atoms with Gasteiger partial charge in [0.15, 0.2) is 0 Å². The summed E-state index contributed by atoms with van der Waals surface area (Å²) in [4.78, 5) is 33.0. The Morgan fingerprint density at radius 2 is 1.74 bits per heavy atom. The molecule has 1 aromatic heterocycles. The molecule has 0 bridgehead atoms. The number of hydrogen-bond acceptors (Lipinski definition) is 4. The number of nitrogens with zero attached hydrogens (tertiary/aromatic N) is 4. The van der Waals surface area contributed by atoms with Crippen molar-refractivity contribution in [3.8, 4) is 11.1 Å². The maximum Gasteiger partial charge on any atom is 0.254 e. The lowest BCUT2D eigenvalue weighted by atomic mass is 10.0. The minimum Gasteiger partial charge on any atom is -0.380 e. The zero-order chi connectivity index (χ0) is 21.8. The first kappa shape index (κ1) is 20.0. The molecule has 3 aromatic rings. The smallest absolute Gasteiger partial charge is 0.254 e. The van der Waals surface area contributed by atoms with Gasteiger partial charge in [0.2, 0.25) is 0 Å². The third-order valence-corrected chi connectivity index (χ3v) is 6.54. The van der Waals surface area contributed by atoms with Crippen molar-refractivity contribution in [2.45, 2.75) is 18.4 Å². The van der Waals surface area contributed by atoms with Gasteiger partial charge in [0.25, 0.3) is 11.8 Å². The zero-order valence-electron chi connectivity index (χ0n) is 17.2. The third kappa shape index (κ3) is 3.58. The van der Waals surface area contributed by atoms with Gasteiger partial charge in [-0.1, -0.05) is 23.7 Å². The van der Waals surface area contributed by atoms with Gasteiger partial charge >= 0.3 is 0 Å². The van der Waals surface area contributed by atoms with Crippen LogP contribution in [0.25, 0.3) is 22.2 Å². The standard InChI is InChI=1S/C23H23ClN4O3/c1-26-14-25-19-5-3-15(13-20(19)26)17-4-2-16(12-18(17)24)21(29)27-8-10-28(11-9-27)22(30)23(31)6-7-23/h2-5,12-14,31H,6-11H2,1H3. The Bertz CT molecular complexity index is 1190. The van der Waals surface area contributed by atoms with Crippen LogP contribution in [-0.4, -0.2) is 68.1 Å². The second kappa shape index (κ2) is 7.35. The van der Waals surface area contributed by atoms with Gasteiger partial charge in [-0.2, -0.15) is 0 Å². The largest absolute Gasteiger partial charge is 0.380 e. The highest BCUT2D eigenvalue weighted by Crippen LogP contribution is 2.37. The number of benzene rings is 2. The monoisotopic (exact) mass is 438 g/mol. The predicted octanol–water partition coefficient (Wildman–Crippen LogP) is 2.70. The van der Waals surface area contributed by atoms with Crippen LogP contribution in [-0.2, 0) is 11.8 Å². The van der Waals surface area contributed by atoms with E-state index in [1.165, 1.54) is 0 Å². The van der Waals surface area contributed by atoms with Crippen LogP contribution in [0.1, 0.15) is 23.2 Å². The number of hydrogen-bond donors (Lipinski definition) is 1.